The summed E-state index contributed by atoms with van der Waals surface area (Å²) in [6, 6.07) is 14.1. The van der Waals surface area contributed by atoms with Gasteiger partial charge in [0.1, 0.15) is 5.75 Å². The minimum atomic E-state index is -4.53. The van der Waals surface area contributed by atoms with Crippen LogP contribution in [-0.4, -0.2) is 58.3 Å². The maximum Gasteiger partial charge on any atom is 0.442 e. The predicted octanol–water partition coefficient (Wildman–Crippen LogP) is 6.86. The summed E-state index contributed by atoms with van der Waals surface area (Å²) in [5.74, 6) is -1.61. The highest BCUT2D eigenvalue weighted by Gasteiger charge is 2.31. The number of hydrogen-bond acceptors (Lipinski definition) is 7. The Morgan fingerprint density at radius 3 is 2.18 bits per heavy atom. The molecule has 0 spiro atoms. The Morgan fingerprint density at radius 1 is 0.977 bits per heavy atom. The molecule has 0 aliphatic heterocycles. The predicted molar refractivity (Wildman–Crippen MR) is 162 cm³/mol. The molecule has 3 aromatic carbocycles. The molecule has 0 saturated heterocycles. The second kappa shape index (κ2) is 14.2. The molecule has 4 aromatic rings. The topological polar surface area (TPSA) is 80.8 Å². The first-order valence-electron chi connectivity index (χ1n) is 14.3. The molecule has 0 bridgehead atoms. The van der Waals surface area contributed by atoms with Gasteiger partial charge in [-0.3, -0.25) is 4.90 Å². The fraction of sp³-hybridized carbons (Fsp3) is 0.344. The van der Waals surface area contributed by atoms with Crippen molar-refractivity contribution in [1.82, 2.24) is 19.6 Å². The number of carbonyl (C=O) groups excluding carboxylic acids is 1. The Morgan fingerprint density at radius 2 is 1.59 bits per heavy atom. The lowest BCUT2D eigenvalue weighted by Crippen LogP contribution is -2.35. The maximum atomic E-state index is 13.6. The van der Waals surface area contributed by atoms with Crippen LogP contribution in [0.4, 0.5) is 13.2 Å². The Hall–Kier alpha value is -3.93. The van der Waals surface area contributed by atoms with Crippen LogP contribution in [-0.2, 0) is 12.7 Å². The molecule has 0 aliphatic rings. The van der Waals surface area contributed by atoms with Crippen LogP contribution >= 0.6 is 11.6 Å². The van der Waals surface area contributed by atoms with Crippen molar-refractivity contribution in [2.75, 3.05) is 32.7 Å². The molecule has 234 valence electrons. The van der Waals surface area contributed by atoms with Crippen molar-refractivity contribution >= 4 is 17.6 Å². The van der Waals surface area contributed by atoms with Gasteiger partial charge >= 0.3 is 17.9 Å². The van der Waals surface area contributed by atoms with Crippen LogP contribution in [0, 0.1) is 6.92 Å². The van der Waals surface area contributed by atoms with Gasteiger partial charge in [0.05, 0.1) is 21.8 Å². The van der Waals surface area contributed by atoms with Gasteiger partial charge in [0.25, 0.3) is 0 Å². The van der Waals surface area contributed by atoms with E-state index in [2.05, 4.69) is 28.7 Å². The molecule has 8 nitrogen and oxygen atoms in total. The molecule has 12 heteroatoms. The van der Waals surface area contributed by atoms with Crippen molar-refractivity contribution < 1.29 is 27.1 Å². The van der Waals surface area contributed by atoms with E-state index < -0.39 is 23.5 Å². The van der Waals surface area contributed by atoms with Crippen molar-refractivity contribution in [1.29, 1.82) is 0 Å². The Labute approximate surface area is 258 Å². The molecule has 0 saturated carbocycles. The first-order chi connectivity index (χ1) is 21.0. The summed E-state index contributed by atoms with van der Waals surface area (Å²) < 4.78 is 51.3. The lowest BCUT2D eigenvalue weighted by molar-refractivity contribution is -0.137. The zero-order valence-electron chi connectivity index (χ0n) is 24.9. The summed E-state index contributed by atoms with van der Waals surface area (Å²) >= 11 is 6.87. The van der Waals surface area contributed by atoms with Gasteiger partial charge in [-0.1, -0.05) is 50.6 Å². The Kier molecular flexibility index (Phi) is 10.7. The molecular formula is C32H34ClF3N4O4. The second-order valence-corrected chi connectivity index (χ2v) is 10.5. The van der Waals surface area contributed by atoms with Crippen LogP contribution in [0.15, 0.2) is 69.9 Å². The highest BCUT2D eigenvalue weighted by atomic mass is 35.5. The molecule has 0 N–H and O–H groups in total. The third-order valence-electron chi connectivity index (χ3n) is 7.36. The molecule has 1 aromatic heterocycles. The van der Waals surface area contributed by atoms with Gasteiger partial charge in [0.2, 0.25) is 5.89 Å². The number of alkyl halides is 3. The molecule has 0 atom stereocenters. The average molecular weight is 631 g/mol. The number of halogens is 4. The minimum Gasteiger partial charge on any atom is -0.423 e. The number of aromatic nitrogens is 2. The minimum absolute atomic E-state index is 0.0277. The standard InChI is InChI=1S/C32H34ClF3N4O4/c1-5-38(6-2)17-18-39(7-3)20-26-27(33)21(4)19-25(30(41)43-24-11-9-8-10-12-24)28(26)40-31(42)44-29(37-40)22-13-15-23(16-14-22)32(34,35)36/h8-16,19H,5-7,17-18,20H2,1-4H3. The van der Waals surface area contributed by atoms with E-state index in [9.17, 15) is 22.8 Å². The van der Waals surface area contributed by atoms with Gasteiger partial charge in [0, 0.05) is 30.8 Å². The van der Waals surface area contributed by atoms with Gasteiger partial charge in [-0.2, -0.15) is 17.9 Å². The summed E-state index contributed by atoms with van der Waals surface area (Å²) in [5, 5.41) is 4.66. The van der Waals surface area contributed by atoms with Gasteiger partial charge < -0.3 is 14.1 Å². The van der Waals surface area contributed by atoms with Gasteiger partial charge in [-0.15, -0.1) is 5.10 Å². The van der Waals surface area contributed by atoms with E-state index in [1.165, 1.54) is 6.07 Å². The normalized spacial score (nSPS) is 11.9. The summed E-state index contributed by atoms with van der Waals surface area (Å²) in [4.78, 5) is 31.3. The van der Waals surface area contributed by atoms with E-state index in [4.69, 9.17) is 20.8 Å². The summed E-state index contributed by atoms with van der Waals surface area (Å²) in [7, 11) is 0. The monoisotopic (exact) mass is 630 g/mol. The summed E-state index contributed by atoms with van der Waals surface area (Å²) in [5.41, 5.74) is 0.448. The molecule has 0 amide bonds. The van der Waals surface area contributed by atoms with Crippen molar-refractivity contribution in [3.8, 4) is 22.9 Å². The second-order valence-electron chi connectivity index (χ2n) is 10.1. The van der Waals surface area contributed by atoms with E-state index in [0.29, 0.717) is 35.0 Å². The van der Waals surface area contributed by atoms with E-state index in [0.717, 1.165) is 48.6 Å². The molecular weight excluding hydrogens is 597 g/mol. The Bertz CT molecular complexity index is 1630. The molecule has 44 heavy (non-hydrogen) atoms. The van der Waals surface area contributed by atoms with E-state index in [1.54, 1.807) is 37.3 Å². The van der Waals surface area contributed by atoms with Crippen LogP contribution in [0.25, 0.3) is 17.1 Å². The van der Waals surface area contributed by atoms with Crippen LogP contribution in [0.5, 0.6) is 5.75 Å². The number of para-hydroxylation sites is 1. The third kappa shape index (κ3) is 7.58. The van der Waals surface area contributed by atoms with Crippen LogP contribution < -0.4 is 10.5 Å². The van der Waals surface area contributed by atoms with Crippen molar-refractivity contribution in [2.45, 2.75) is 40.4 Å². The van der Waals surface area contributed by atoms with Crippen LogP contribution in [0.2, 0.25) is 5.02 Å². The van der Waals surface area contributed by atoms with E-state index >= 15 is 0 Å². The first-order valence-corrected chi connectivity index (χ1v) is 14.7. The third-order valence-corrected chi connectivity index (χ3v) is 7.89. The number of aryl methyl sites for hydroxylation is 1. The lowest BCUT2D eigenvalue weighted by atomic mass is 10.0. The van der Waals surface area contributed by atoms with Crippen molar-refractivity contribution in [3.05, 3.63) is 98.5 Å². The van der Waals surface area contributed by atoms with Crippen molar-refractivity contribution in [3.63, 3.8) is 0 Å². The van der Waals surface area contributed by atoms with Gasteiger partial charge in [-0.25, -0.2) is 9.59 Å². The van der Waals surface area contributed by atoms with Crippen molar-refractivity contribution in [2.24, 2.45) is 0 Å². The molecule has 0 fully saturated rings. The molecule has 0 radical (unpaired) electrons. The number of nitrogens with zero attached hydrogens (tertiary/aromatic N) is 4. The lowest BCUT2D eigenvalue weighted by Gasteiger charge is -2.27. The van der Waals surface area contributed by atoms with E-state index in [1.807, 2.05) is 6.92 Å². The number of ether oxygens (including phenoxy) is 1. The number of rotatable bonds is 12. The smallest absolute Gasteiger partial charge is 0.423 e. The number of esters is 1. The summed E-state index contributed by atoms with van der Waals surface area (Å²) in [6.07, 6.45) is -4.53. The van der Waals surface area contributed by atoms with Gasteiger partial charge in [0.15, 0.2) is 0 Å². The zero-order chi connectivity index (χ0) is 32.0. The number of benzene rings is 3. The summed E-state index contributed by atoms with van der Waals surface area (Å²) in [6.45, 7) is 12.1. The zero-order valence-corrected chi connectivity index (χ0v) is 25.7. The highest BCUT2D eigenvalue weighted by molar-refractivity contribution is 6.32. The fourth-order valence-corrected chi connectivity index (χ4v) is 4.98. The molecule has 0 aliphatic carbocycles. The fourth-order valence-electron chi connectivity index (χ4n) is 4.78. The van der Waals surface area contributed by atoms with Crippen LogP contribution in [0.1, 0.15) is 47.8 Å². The SMILES string of the molecule is CCN(CC)CCN(CC)Cc1c(Cl)c(C)cc(C(=O)Oc2ccccc2)c1-n1nc(-c2ccc(C(F)(F)F)cc2)oc1=O. The molecule has 4 rings (SSSR count). The highest BCUT2D eigenvalue weighted by Crippen LogP contribution is 2.33. The maximum absolute atomic E-state index is 13.6. The Balaban J connectivity index is 1.84. The molecule has 0 unspecified atom stereocenters. The number of likely N-dealkylation sites (N-methyl/N-ethyl adjacent to an activating group) is 2. The number of carbonyl (C=O) groups is 1. The largest absolute Gasteiger partial charge is 0.442 e. The van der Waals surface area contributed by atoms with E-state index in [-0.39, 0.29) is 29.2 Å². The first kappa shape index (κ1) is 33.0. The van der Waals surface area contributed by atoms with Crippen LogP contribution in [0.3, 0.4) is 0 Å². The average Bonchev–Trinajstić information content (AvgIpc) is 3.39. The number of hydrogen-bond donors (Lipinski definition) is 0. The van der Waals surface area contributed by atoms with Gasteiger partial charge in [-0.05, 0) is 74.6 Å². The quantitative estimate of drug-likeness (QED) is 0.125. The molecule has 1 heterocycles.